The molecule has 0 aromatic carbocycles. The van der Waals surface area contributed by atoms with Crippen LogP contribution in [0.5, 0.6) is 0 Å². The lowest BCUT2D eigenvalue weighted by Gasteiger charge is -2.41. The number of nitrogens with one attached hydrogen (secondary N) is 2. The van der Waals surface area contributed by atoms with Gasteiger partial charge >= 0.3 is 0 Å². The molecule has 0 amide bonds. The van der Waals surface area contributed by atoms with E-state index in [1.165, 1.54) is 12.8 Å². The van der Waals surface area contributed by atoms with Crippen LogP contribution in [-0.2, 0) is 16.6 Å². The maximum atomic E-state index is 12.8. The van der Waals surface area contributed by atoms with Gasteiger partial charge in [-0.1, -0.05) is 6.92 Å². The molecule has 2 aliphatic rings. The summed E-state index contributed by atoms with van der Waals surface area (Å²) in [6.07, 6.45) is 6.33. The zero-order valence-corrected chi connectivity index (χ0v) is 14.4. The van der Waals surface area contributed by atoms with Crippen molar-refractivity contribution in [2.45, 2.75) is 75.4 Å². The fourth-order valence-electron chi connectivity index (χ4n) is 2.96. The van der Waals surface area contributed by atoms with Crippen molar-refractivity contribution in [3.63, 3.8) is 0 Å². The van der Waals surface area contributed by atoms with E-state index in [0.29, 0.717) is 17.5 Å². The Morgan fingerprint density at radius 3 is 2.62 bits per heavy atom. The molecule has 0 bridgehead atoms. The maximum absolute atomic E-state index is 12.8. The first-order valence-electron chi connectivity index (χ1n) is 7.80. The van der Waals surface area contributed by atoms with Crippen LogP contribution < -0.4 is 10.0 Å². The summed E-state index contributed by atoms with van der Waals surface area (Å²) < 4.78 is 28.7. The average Bonchev–Trinajstić information content (AvgIpc) is 3.14. The van der Waals surface area contributed by atoms with Crippen molar-refractivity contribution in [1.29, 1.82) is 0 Å². The van der Waals surface area contributed by atoms with Crippen molar-refractivity contribution < 1.29 is 8.42 Å². The largest absolute Gasteiger partial charge is 0.309 e. The van der Waals surface area contributed by atoms with E-state index in [4.69, 9.17) is 0 Å². The van der Waals surface area contributed by atoms with Crippen LogP contribution in [0.1, 0.15) is 55.9 Å². The zero-order valence-electron chi connectivity index (χ0n) is 12.7. The van der Waals surface area contributed by atoms with Gasteiger partial charge in [0.15, 0.2) is 0 Å². The van der Waals surface area contributed by atoms with Crippen LogP contribution in [0, 0.1) is 6.92 Å². The molecule has 2 saturated carbocycles. The van der Waals surface area contributed by atoms with Gasteiger partial charge in [0.1, 0.15) is 4.90 Å². The number of hydrogen-bond acceptors (Lipinski definition) is 4. The van der Waals surface area contributed by atoms with E-state index in [2.05, 4.69) is 17.0 Å². The Bertz CT molecular complexity index is 608. The molecule has 0 spiro atoms. The van der Waals surface area contributed by atoms with E-state index in [1.807, 2.05) is 12.3 Å². The molecule has 0 saturated heterocycles. The summed E-state index contributed by atoms with van der Waals surface area (Å²) >= 11 is 1.55. The molecule has 6 heteroatoms. The molecule has 4 nitrogen and oxygen atoms in total. The summed E-state index contributed by atoms with van der Waals surface area (Å²) in [5.74, 6) is 0. The molecule has 2 N–H and O–H groups in total. The molecule has 3 rings (SSSR count). The van der Waals surface area contributed by atoms with Crippen LogP contribution in [0.3, 0.4) is 0 Å². The molecule has 2 fully saturated rings. The van der Waals surface area contributed by atoms with Crippen molar-refractivity contribution in [2.75, 3.05) is 0 Å². The van der Waals surface area contributed by atoms with Crippen LogP contribution >= 0.6 is 11.3 Å². The normalized spacial score (nSPS) is 21.2. The van der Waals surface area contributed by atoms with Gasteiger partial charge in [-0.05, 0) is 56.4 Å². The Hall–Kier alpha value is -0.430. The van der Waals surface area contributed by atoms with Gasteiger partial charge in [-0.2, -0.15) is 0 Å². The van der Waals surface area contributed by atoms with E-state index in [9.17, 15) is 8.42 Å². The minimum absolute atomic E-state index is 0.200. The first-order chi connectivity index (χ1) is 9.96. The first-order valence-corrected chi connectivity index (χ1v) is 10.2. The Labute approximate surface area is 131 Å². The third-order valence-corrected chi connectivity index (χ3v) is 7.77. The summed E-state index contributed by atoms with van der Waals surface area (Å²) in [6.45, 7) is 4.63. The quantitative estimate of drug-likeness (QED) is 0.809. The number of hydrogen-bond donors (Lipinski definition) is 2. The van der Waals surface area contributed by atoms with Crippen LogP contribution in [0.2, 0.25) is 0 Å². The van der Waals surface area contributed by atoms with E-state index >= 15 is 0 Å². The lowest BCUT2D eigenvalue weighted by atomic mass is 9.76. The second-order valence-electron chi connectivity index (χ2n) is 6.42. The first kappa shape index (κ1) is 15.5. The SMILES string of the molecule is CCC1(NS(=O)(=O)c2c(C)csc2CNC2CC2)CCC1. The van der Waals surface area contributed by atoms with Crippen molar-refractivity contribution in [3.05, 3.63) is 15.8 Å². The molecule has 0 atom stereocenters. The second-order valence-corrected chi connectivity index (χ2v) is 9.00. The van der Waals surface area contributed by atoms with Gasteiger partial charge in [0, 0.05) is 23.0 Å². The lowest BCUT2D eigenvalue weighted by molar-refractivity contribution is 0.214. The third kappa shape index (κ3) is 3.18. The van der Waals surface area contributed by atoms with Crippen LogP contribution in [0.4, 0.5) is 0 Å². The summed E-state index contributed by atoms with van der Waals surface area (Å²) in [6, 6.07) is 0.588. The number of thiophene rings is 1. The second kappa shape index (κ2) is 5.65. The third-order valence-electron chi connectivity index (χ3n) is 4.73. The standard InChI is InChI=1S/C15H24N2O2S2/c1-3-15(7-4-8-15)17-21(18,19)14-11(2)10-20-13(14)9-16-12-5-6-12/h10,12,16-17H,3-9H2,1-2H3. The summed E-state index contributed by atoms with van der Waals surface area (Å²) in [7, 11) is -3.42. The van der Waals surface area contributed by atoms with Gasteiger partial charge in [0.2, 0.25) is 10.0 Å². The number of aryl methyl sites for hydroxylation is 1. The minimum atomic E-state index is -3.42. The fraction of sp³-hybridized carbons (Fsp3) is 0.733. The molecular formula is C15H24N2O2S2. The zero-order chi connectivity index (χ0) is 15.1. The smallest absolute Gasteiger partial charge is 0.242 e. The maximum Gasteiger partial charge on any atom is 0.242 e. The van der Waals surface area contributed by atoms with Gasteiger partial charge in [0.05, 0.1) is 0 Å². The Balaban J connectivity index is 1.81. The van der Waals surface area contributed by atoms with Crippen LogP contribution in [-0.4, -0.2) is 20.0 Å². The lowest BCUT2D eigenvalue weighted by Crippen LogP contribution is -2.52. The highest BCUT2D eigenvalue weighted by Crippen LogP contribution is 2.37. The molecule has 1 heterocycles. The van der Waals surface area contributed by atoms with E-state index < -0.39 is 10.0 Å². The summed E-state index contributed by atoms with van der Waals surface area (Å²) in [4.78, 5) is 1.46. The van der Waals surface area contributed by atoms with E-state index in [-0.39, 0.29) is 5.54 Å². The Morgan fingerprint density at radius 1 is 1.38 bits per heavy atom. The highest BCUT2D eigenvalue weighted by molar-refractivity contribution is 7.89. The van der Waals surface area contributed by atoms with Gasteiger partial charge in [-0.25, -0.2) is 13.1 Å². The number of sulfonamides is 1. The molecule has 0 radical (unpaired) electrons. The van der Waals surface area contributed by atoms with Crippen LogP contribution in [0.25, 0.3) is 0 Å². The molecular weight excluding hydrogens is 304 g/mol. The van der Waals surface area contributed by atoms with E-state index in [1.54, 1.807) is 11.3 Å². The van der Waals surface area contributed by atoms with Gasteiger partial charge in [-0.3, -0.25) is 0 Å². The molecule has 1 aromatic heterocycles. The molecule has 2 aliphatic carbocycles. The molecule has 0 aliphatic heterocycles. The Kier molecular flexibility index (Phi) is 4.16. The molecule has 21 heavy (non-hydrogen) atoms. The highest BCUT2D eigenvalue weighted by Gasteiger charge is 2.40. The minimum Gasteiger partial charge on any atom is -0.309 e. The van der Waals surface area contributed by atoms with Crippen LogP contribution in [0.15, 0.2) is 10.3 Å². The fourth-order valence-corrected chi connectivity index (χ4v) is 6.26. The molecule has 0 unspecified atom stereocenters. The molecule has 1 aromatic rings. The van der Waals surface area contributed by atoms with Crippen molar-refractivity contribution in [1.82, 2.24) is 10.0 Å². The Morgan fingerprint density at radius 2 is 2.10 bits per heavy atom. The van der Waals surface area contributed by atoms with Crippen molar-refractivity contribution >= 4 is 21.4 Å². The van der Waals surface area contributed by atoms with Crippen molar-refractivity contribution in [3.8, 4) is 0 Å². The predicted molar refractivity (Wildman–Crippen MR) is 86.1 cm³/mol. The predicted octanol–water partition coefficient (Wildman–Crippen LogP) is 2.92. The average molecular weight is 329 g/mol. The van der Waals surface area contributed by atoms with Gasteiger partial charge in [0.25, 0.3) is 0 Å². The monoisotopic (exact) mass is 328 g/mol. The molecule has 118 valence electrons. The summed E-state index contributed by atoms with van der Waals surface area (Å²) in [5.41, 5.74) is 0.666. The van der Waals surface area contributed by atoms with Gasteiger partial charge in [-0.15, -0.1) is 11.3 Å². The topological polar surface area (TPSA) is 58.2 Å². The van der Waals surface area contributed by atoms with E-state index in [0.717, 1.165) is 36.1 Å². The number of rotatable bonds is 7. The summed E-state index contributed by atoms with van der Waals surface area (Å²) in [5, 5.41) is 5.38. The van der Waals surface area contributed by atoms with Gasteiger partial charge < -0.3 is 5.32 Å². The van der Waals surface area contributed by atoms with Crippen molar-refractivity contribution in [2.24, 2.45) is 0 Å². The highest BCUT2D eigenvalue weighted by atomic mass is 32.2.